The third kappa shape index (κ3) is 4.40. The summed E-state index contributed by atoms with van der Waals surface area (Å²) in [7, 11) is 0. The van der Waals surface area contributed by atoms with E-state index in [1.54, 1.807) is 13.1 Å². The van der Waals surface area contributed by atoms with Crippen molar-refractivity contribution in [3.05, 3.63) is 35.4 Å². The Balaban J connectivity index is 2.44. The molecule has 0 atom stereocenters. The highest BCUT2D eigenvalue weighted by Gasteiger charge is 1.96. The van der Waals surface area contributed by atoms with Gasteiger partial charge in [0, 0.05) is 6.21 Å². The summed E-state index contributed by atoms with van der Waals surface area (Å²) < 4.78 is 4.75. The maximum atomic E-state index is 11.0. The lowest BCUT2D eigenvalue weighted by atomic mass is 10.2. The van der Waals surface area contributed by atoms with Gasteiger partial charge in [-0.2, -0.15) is 0 Å². The molecule has 3 heteroatoms. The van der Waals surface area contributed by atoms with Crippen LogP contribution in [0, 0.1) is 6.92 Å². The summed E-state index contributed by atoms with van der Waals surface area (Å²) in [6, 6.07) is 7.94. The predicted molar refractivity (Wildman–Crippen MR) is 60.3 cm³/mol. The minimum absolute atomic E-state index is 0.0850. The molecule has 0 N–H and O–H groups in total. The Hall–Kier alpha value is -1.64. The molecular weight excluding hydrogens is 190 g/mol. The highest BCUT2D eigenvalue weighted by molar-refractivity contribution is 5.82. The Labute approximate surface area is 89.8 Å². The molecule has 0 heterocycles. The van der Waals surface area contributed by atoms with Gasteiger partial charge in [-0.15, -0.1) is 0 Å². The van der Waals surface area contributed by atoms with E-state index in [9.17, 15) is 4.79 Å². The van der Waals surface area contributed by atoms with E-state index in [-0.39, 0.29) is 12.5 Å². The third-order valence-corrected chi connectivity index (χ3v) is 1.84. The van der Waals surface area contributed by atoms with E-state index in [1.165, 1.54) is 5.56 Å². The van der Waals surface area contributed by atoms with Crippen molar-refractivity contribution in [1.82, 2.24) is 0 Å². The van der Waals surface area contributed by atoms with E-state index >= 15 is 0 Å². The zero-order valence-electron chi connectivity index (χ0n) is 9.06. The molecule has 15 heavy (non-hydrogen) atoms. The normalized spacial score (nSPS) is 10.5. The molecule has 0 saturated carbocycles. The predicted octanol–water partition coefficient (Wildman–Crippen LogP) is 1.98. The molecule has 0 fully saturated rings. The second-order valence-electron chi connectivity index (χ2n) is 3.19. The topological polar surface area (TPSA) is 38.7 Å². The number of carbonyl (C=O) groups excluding carboxylic acids is 1. The smallest absolute Gasteiger partial charge is 0.327 e. The summed E-state index contributed by atoms with van der Waals surface area (Å²) in [5.41, 5.74) is 2.20. The molecule has 0 bridgehead atoms. The first-order chi connectivity index (χ1) is 7.22. The average Bonchev–Trinajstić information content (AvgIpc) is 2.21. The Bertz CT molecular complexity index is 341. The van der Waals surface area contributed by atoms with Crippen LogP contribution in [0.4, 0.5) is 0 Å². The van der Waals surface area contributed by atoms with Crippen LogP contribution in [-0.4, -0.2) is 25.3 Å². The van der Waals surface area contributed by atoms with Crippen molar-refractivity contribution in [2.75, 3.05) is 13.2 Å². The highest BCUT2D eigenvalue weighted by atomic mass is 16.5. The molecule has 0 aliphatic heterocycles. The van der Waals surface area contributed by atoms with Gasteiger partial charge in [0.15, 0.2) is 0 Å². The summed E-state index contributed by atoms with van der Waals surface area (Å²) in [5.74, 6) is -0.291. The van der Waals surface area contributed by atoms with Gasteiger partial charge in [-0.25, -0.2) is 0 Å². The first-order valence-electron chi connectivity index (χ1n) is 4.94. The van der Waals surface area contributed by atoms with Crippen molar-refractivity contribution in [2.45, 2.75) is 13.8 Å². The van der Waals surface area contributed by atoms with Gasteiger partial charge in [0.1, 0.15) is 6.54 Å². The van der Waals surface area contributed by atoms with Crippen LogP contribution in [-0.2, 0) is 9.53 Å². The molecule has 0 radical (unpaired) electrons. The van der Waals surface area contributed by atoms with Crippen LogP contribution in [0.5, 0.6) is 0 Å². The van der Waals surface area contributed by atoms with Gasteiger partial charge in [-0.1, -0.05) is 29.8 Å². The number of esters is 1. The van der Waals surface area contributed by atoms with Gasteiger partial charge in [0.05, 0.1) is 6.61 Å². The van der Waals surface area contributed by atoms with Crippen LogP contribution < -0.4 is 0 Å². The summed E-state index contributed by atoms with van der Waals surface area (Å²) in [6.07, 6.45) is 1.68. The minimum Gasteiger partial charge on any atom is -0.465 e. The fraction of sp³-hybridized carbons (Fsp3) is 0.333. The molecule has 1 rings (SSSR count). The van der Waals surface area contributed by atoms with Gasteiger partial charge in [-0.05, 0) is 19.4 Å². The third-order valence-electron chi connectivity index (χ3n) is 1.84. The molecule has 0 amide bonds. The molecule has 0 aromatic heterocycles. The van der Waals surface area contributed by atoms with Crippen molar-refractivity contribution in [2.24, 2.45) is 4.99 Å². The van der Waals surface area contributed by atoms with Crippen LogP contribution in [0.1, 0.15) is 18.1 Å². The number of carbonyl (C=O) groups is 1. The zero-order chi connectivity index (χ0) is 11.1. The highest BCUT2D eigenvalue weighted by Crippen LogP contribution is 2.00. The average molecular weight is 205 g/mol. The number of nitrogens with zero attached hydrogens (tertiary/aromatic N) is 1. The first-order valence-corrected chi connectivity index (χ1v) is 4.94. The van der Waals surface area contributed by atoms with Crippen molar-refractivity contribution in [3.63, 3.8) is 0 Å². The number of hydrogen-bond donors (Lipinski definition) is 0. The summed E-state index contributed by atoms with van der Waals surface area (Å²) in [6.45, 7) is 4.29. The number of benzene rings is 1. The fourth-order valence-electron chi connectivity index (χ4n) is 1.08. The summed E-state index contributed by atoms with van der Waals surface area (Å²) in [5, 5.41) is 0. The quantitative estimate of drug-likeness (QED) is 0.557. The van der Waals surface area contributed by atoms with E-state index in [2.05, 4.69) is 4.99 Å². The Morgan fingerprint density at radius 2 is 2.07 bits per heavy atom. The molecule has 1 aromatic carbocycles. The van der Waals surface area contributed by atoms with E-state index in [0.29, 0.717) is 6.61 Å². The van der Waals surface area contributed by atoms with Crippen LogP contribution in [0.25, 0.3) is 0 Å². The summed E-state index contributed by atoms with van der Waals surface area (Å²) >= 11 is 0. The minimum atomic E-state index is -0.291. The molecule has 0 saturated heterocycles. The molecule has 0 aliphatic rings. The molecule has 0 aliphatic carbocycles. The molecule has 80 valence electrons. The van der Waals surface area contributed by atoms with Gasteiger partial charge < -0.3 is 4.74 Å². The van der Waals surface area contributed by atoms with Crippen LogP contribution >= 0.6 is 0 Å². The number of ether oxygens (including phenoxy) is 1. The lowest BCUT2D eigenvalue weighted by Crippen LogP contribution is -2.07. The molecular formula is C12H15NO2. The second-order valence-corrected chi connectivity index (χ2v) is 3.19. The largest absolute Gasteiger partial charge is 0.465 e. The Morgan fingerprint density at radius 3 is 2.67 bits per heavy atom. The Kier molecular flexibility index (Phi) is 4.54. The number of aliphatic imine (C=N–C) groups is 1. The lowest BCUT2D eigenvalue weighted by molar-refractivity contribution is -0.141. The number of rotatable bonds is 4. The molecule has 0 spiro atoms. The zero-order valence-corrected chi connectivity index (χ0v) is 9.06. The van der Waals surface area contributed by atoms with Gasteiger partial charge in [0.2, 0.25) is 0 Å². The van der Waals surface area contributed by atoms with E-state index in [4.69, 9.17) is 4.74 Å². The van der Waals surface area contributed by atoms with Gasteiger partial charge >= 0.3 is 5.97 Å². The lowest BCUT2D eigenvalue weighted by Gasteiger charge is -1.97. The molecule has 3 nitrogen and oxygen atoms in total. The van der Waals surface area contributed by atoms with Crippen LogP contribution in [0.2, 0.25) is 0 Å². The second kappa shape index (κ2) is 5.96. The van der Waals surface area contributed by atoms with Gasteiger partial charge in [0.25, 0.3) is 0 Å². The van der Waals surface area contributed by atoms with Crippen molar-refractivity contribution in [1.29, 1.82) is 0 Å². The number of hydrogen-bond acceptors (Lipinski definition) is 3. The Morgan fingerprint density at radius 1 is 1.40 bits per heavy atom. The number of aryl methyl sites for hydroxylation is 1. The monoisotopic (exact) mass is 205 g/mol. The van der Waals surface area contributed by atoms with Crippen molar-refractivity contribution < 1.29 is 9.53 Å². The van der Waals surface area contributed by atoms with Crippen molar-refractivity contribution >= 4 is 12.2 Å². The van der Waals surface area contributed by atoms with Crippen LogP contribution in [0.15, 0.2) is 29.3 Å². The van der Waals surface area contributed by atoms with E-state index in [0.717, 1.165) is 5.56 Å². The first kappa shape index (κ1) is 11.4. The van der Waals surface area contributed by atoms with Crippen molar-refractivity contribution in [3.8, 4) is 0 Å². The maximum Gasteiger partial charge on any atom is 0.327 e. The van der Waals surface area contributed by atoms with E-state index in [1.807, 2.05) is 31.2 Å². The summed E-state index contributed by atoms with van der Waals surface area (Å²) in [4.78, 5) is 14.9. The molecule has 1 aromatic rings. The van der Waals surface area contributed by atoms with Gasteiger partial charge in [-0.3, -0.25) is 9.79 Å². The maximum absolute atomic E-state index is 11.0. The fourth-order valence-corrected chi connectivity index (χ4v) is 1.08. The SMILES string of the molecule is CCOC(=O)CN=Cc1ccc(C)cc1. The standard InChI is InChI=1S/C12H15NO2/c1-3-15-12(14)9-13-8-11-6-4-10(2)5-7-11/h4-8H,3,9H2,1-2H3. The van der Waals surface area contributed by atoms with E-state index < -0.39 is 0 Å². The molecule has 0 unspecified atom stereocenters. The van der Waals surface area contributed by atoms with Crippen LogP contribution in [0.3, 0.4) is 0 Å².